The van der Waals surface area contributed by atoms with Gasteiger partial charge in [-0.2, -0.15) is 0 Å². The number of rotatable bonds is 2. The van der Waals surface area contributed by atoms with E-state index in [9.17, 15) is 18.1 Å². The third kappa shape index (κ3) is 3.51. The van der Waals surface area contributed by atoms with E-state index in [0.29, 0.717) is 0 Å². The molecule has 0 aliphatic heterocycles. The van der Waals surface area contributed by atoms with Gasteiger partial charge in [0.25, 0.3) is 0 Å². The van der Waals surface area contributed by atoms with E-state index in [4.69, 9.17) is 5.11 Å². The minimum atomic E-state index is -5.03. The first kappa shape index (κ1) is 12.0. The van der Waals surface area contributed by atoms with Crippen LogP contribution in [0.5, 0.6) is 11.5 Å². The molecule has 0 amide bonds. The Kier molecular flexibility index (Phi) is 3.33. The molecule has 0 unspecified atom stereocenters. The van der Waals surface area contributed by atoms with Crippen molar-refractivity contribution in [3.63, 3.8) is 0 Å². The van der Waals surface area contributed by atoms with Gasteiger partial charge in [0.1, 0.15) is 11.5 Å². The Labute approximate surface area is 92.2 Å². The first-order chi connectivity index (χ1) is 6.79. The molecule has 0 heterocycles. The molecule has 0 fully saturated rings. The highest BCUT2D eigenvalue weighted by molar-refractivity contribution is 9.10. The van der Waals surface area contributed by atoms with Crippen molar-refractivity contribution in [2.45, 2.75) is 0 Å². The lowest BCUT2D eigenvalue weighted by Gasteiger charge is -2.07. The number of hydrogen-bond donors (Lipinski definition) is 2. The Morgan fingerprint density at radius 3 is 2.27 bits per heavy atom. The Morgan fingerprint density at radius 2 is 1.73 bits per heavy atom. The zero-order valence-corrected chi connectivity index (χ0v) is 8.88. The van der Waals surface area contributed by atoms with Gasteiger partial charge in [-0.15, -0.1) is 5.98 Å². The summed E-state index contributed by atoms with van der Waals surface area (Å²) in [5, 5.41) is 18.3. The van der Waals surface area contributed by atoms with Crippen LogP contribution in [0.3, 0.4) is 0 Å². The topological polar surface area (TPSA) is 40.5 Å². The lowest BCUT2D eigenvalue weighted by atomic mass is 9.90. The molecular weight excluding hydrogens is 276 g/mol. The average molecular weight is 282 g/mol. The Morgan fingerprint density at radius 1 is 1.13 bits per heavy atom. The largest absolute Gasteiger partial charge is 0.507 e. The molecule has 0 atom stereocenters. The van der Waals surface area contributed by atoms with Crippen molar-refractivity contribution in [3.8, 4) is 11.5 Å². The lowest BCUT2D eigenvalue weighted by Crippen LogP contribution is -2.09. The van der Waals surface area contributed by atoms with Gasteiger partial charge >= 0.3 is 6.98 Å². The van der Waals surface area contributed by atoms with Crippen molar-refractivity contribution < 1.29 is 23.2 Å². The highest BCUT2D eigenvalue weighted by Crippen LogP contribution is 2.32. The highest BCUT2D eigenvalue weighted by Gasteiger charge is 2.17. The zero-order chi connectivity index (χ0) is 11.6. The summed E-state index contributed by atoms with van der Waals surface area (Å²) in [7, 11) is 0. The fourth-order valence-corrected chi connectivity index (χ4v) is 1.27. The van der Waals surface area contributed by atoms with Crippen LogP contribution in [0.25, 0.3) is 6.08 Å². The minimum Gasteiger partial charge on any atom is -0.507 e. The Balaban J connectivity index is 3.06. The predicted molar refractivity (Wildman–Crippen MR) is 55.6 cm³/mol. The molecule has 0 aromatic heterocycles. The van der Waals surface area contributed by atoms with E-state index < -0.39 is 12.7 Å². The van der Waals surface area contributed by atoms with E-state index in [-0.39, 0.29) is 21.8 Å². The predicted octanol–water partition coefficient (Wildman–Crippen LogP) is 3.26. The zero-order valence-electron chi connectivity index (χ0n) is 7.29. The van der Waals surface area contributed by atoms with E-state index in [1.54, 1.807) is 0 Å². The lowest BCUT2D eigenvalue weighted by molar-refractivity contribution is 0.447. The van der Waals surface area contributed by atoms with E-state index in [1.165, 1.54) is 6.07 Å². The standard InChI is InChI=1S/C8H6BBrF3O2/c10-6-3-5(1-2-9(11,12)13)7(14)4-8(6)15/h1-4,14-15H/q-1/b2-1+. The summed E-state index contributed by atoms with van der Waals surface area (Å²) in [6, 6.07) is 2.16. The number of phenols is 2. The minimum absolute atomic E-state index is 0.0149. The van der Waals surface area contributed by atoms with Crippen LogP contribution in [0.4, 0.5) is 12.9 Å². The second kappa shape index (κ2) is 4.18. The smallest absolute Gasteiger partial charge is 0.502 e. The molecule has 1 rings (SSSR count). The molecule has 82 valence electrons. The third-order valence-electron chi connectivity index (χ3n) is 1.59. The molecule has 15 heavy (non-hydrogen) atoms. The van der Waals surface area contributed by atoms with Crippen LogP contribution in [-0.2, 0) is 0 Å². The molecule has 0 aliphatic rings. The normalized spacial score (nSPS) is 12.3. The molecule has 2 nitrogen and oxygen atoms in total. The summed E-state index contributed by atoms with van der Waals surface area (Å²) in [5.41, 5.74) is -0.0149. The highest BCUT2D eigenvalue weighted by atomic mass is 79.9. The fraction of sp³-hybridized carbons (Fsp3) is 0. The third-order valence-corrected chi connectivity index (χ3v) is 2.23. The van der Waals surface area contributed by atoms with Crippen molar-refractivity contribution in [1.29, 1.82) is 0 Å². The molecule has 0 aliphatic carbocycles. The first-order valence-corrected chi connectivity index (χ1v) is 4.69. The summed E-state index contributed by atoms with van der Waals surface area (Å²) >= 11 is 2.93. The summed E-state index contributed by atoms with van der Waals surface area (Å²) < 4.78 is 35.9. The van der Waals surface area contributed by atoms with Crippen LogP contribution in [0.2, 0.25) is 0 Å². The SMILES string of the molecule is Oc1cc(O)c(/C=C/[B-](F)(F)F)cc1Br. The van der Waals surface area contributed by atoms with Crippen molar-refractivity contribution in [2.75, 3.05) is 0 Å². The van der Waals surface area contributed by atoms with Gasteiger partial charge in [-0.25, -0.2) is 0 Å². The van der Waals surface area contributed by atoms with Crippen LogP contribution in [0.1, 0.15) is 5.56 Å². The number of hydrogen-bond acceptors (Lipinski definition) is 2. The van der Waals surface area contributed by atoms with E-state index in [2.05, 4.69) is 15.9 Å². The van der Waals surface area contributed by atoms with E-state index >= 15 is 0 Å². The number of phenolic OH excluding ortho intramolecular Hbond substituents is 2. The summed E-state index contributed by atoms with van der Waals surface area (Å²) in [6.07, 6.45) is 0.750. The van der Waals surface area contributed by atoms with Gasteiger partial charge in [-0.1, -0.05) is 6.08 Å². The molecule has 0 spiro atoms. The molecule has 7 heteroatoms. The first-order valence-electron chi connectivity index (χ1n) is 3.90. The molecule has 2 N–H and O–H groups in total. The summed E-state index contributed by atoms with van der Waals surface area (Å²) in [6.45, 7) is -5.03. The molecular formula is C8H6BBrF3O2-. The van der Waals surface area contributed by atoms with Gasteiger partial charge in [0, 0.05) is 11.6 Å². The van der Waals surface area contributed by atoms with Crippen LogP contribution < -0.4 is 0 Å². The molecule has 0 saturated heterocycles. The van der Waals surface area contributed by atoms with Gasteiger partial charge in [0.15, 0.2) is 0 Å². The van der Waals surface area contributed by atoms with Crippen molar-refractivity contribution in [1.82, 2.24) is 0 Å². The van der Waals surface area contributed by atoms with Gasteiger partial charge < -0.3 is 23.2 Å². The second-order valence-electron chi connectivity index (χ2n) is 2.85. The van der Waals surface area contributed by atoms with Gasteiger partial charge in [0.2, 0.25) is 0 Å². The Bertz CT molecular complexity index is 404. The second-order valence-corrected chi connectivity index (χ2v) is 3.70. The maximum Gasteiger partial charge on any atom is 0.502 e. The molecule has 0 saturated carbocycles. The maximum atomic E-state index is 11.9. The van der Waals surface area contributed by atoms with Crippen LogP contribution in [-0.4, -0.2) is 17.2 Å². The molecule has 1 aromatic rings. The van der Waals surface area contributed by atoms with Gasteiger partial charge in [0.05, 0.1) is 4.47 Å². The maximum absolute atomic E-state index is 11.9. The van der Waals surface area contributed by atoms with Crippen LogP contribution in [0.15, 0.2) is 22.6 Å². The van der Waals surface area contributed by atoms with E-state index in [0.717, 1.165) is 12.1 Å². The molecule has 0 bridgehead atoms. The van der Waals surface area contributed by atoms with E-state index in [1.807, 2.05) is 0 Å². The van der Waals surface area contributed by atoms with Gasteiger partial charge in [-0.05, 0) is 22.0 Å². The Hall–Kier alpha value is -1.11. The molecule has 0 radical (unpaired) electrons. The van der Waals surface area contributed by atoms with Crippen LogP contribution >= 0.6 is 15.9 Å². The number of halogens is 4. The number of aromatic hydroxyl groups is 2. The summed E-state index contributed by atoms with van der Waals surface area (Å²) in [5.74, 6) is -0.576. The van der Waals surface area contributed by atoms with Crippen molar-refractivity contribution in [2.24, 2.45) is 0 Å². The fourth-order valence-electron chi connectivity index (χ4n) is 0.912. The average Bonchev–Trinajstić information content (AvgIpc) is 2.07. The summed E-state index contributed by atoms with van der Waals surface area (Å²) in [4.78, 5) is 0. The van der Waals surface area contributed by atoms with Gasteiger partial charge in [-0.3, -0.25) is 0 Å². The van der Waals surface area contributed by atoms with Crippen LogP contribution in [0, 0.1) is 0 Å². The number of benzene rings is 1. The van der Waals surface area contributed by atoms with Crippen molar-refractivity contribution >= 4 is 29.0 Å². The van der Waals surface area contributed by atoms with Crippen molar-refractivity contribution in [3.05, 3.63) is 28.1 Å². The molecule has 1 aromatic carbocycles. The quantitative estimate of drug-likeness (QED) is 0.817. The monoisotopic (exact) mass is 281 g/mol.